The molecule has 0 aromatic carbocycles. The molecule has 0 aliphatic carbocycles. The molecule has 0 amide bonds. The molecular weight excluding hydrogens is 326 g/mol. The molecule has 1 aromatic heterocycles. The topological polar surface area (TPSA) is 151 Å². The molecule has 4 N–H and O–H groups in total. The standard InChI is InChI=1S/C10H14FN2O8P/c1-4(21-22(17,18)19)8-6(14)2-7(20-8)13-3-5(11)9(15)12-10(13)16/h3-4,6-8,14H,2H2,1H3,(H,12,15,16)(H2,17,18,19)/t4-,6?,7+,8+/m0/s1. The third kappa shape index (κ3) is 3.69. The highest BCUT2D eigenvalue weighted by Gasteiger charge is 2.41. The summed E-state index contributed by atoms with van der Waals surface area (Å²) in [6.07, 6.45) is -4.14. The molecule has 12 heteroatoms. The Bertz CT molecular complexity index is 712. The average Bonchev–Trinajstić information content (AvgIpc) is 2.73. The van der Waals surface area contributed by atoms with Crippen molar-refractivity contribution in [3.8, 4) is 0 Å². The molecule has 2 rings (SSSR count). The summed E-state index contributed by atoms with van der Waals surface area (Å²) in [6.45, 7) is 1.27. The molecule has 0 spiro atoms. The predicted molar refractivity (Wildman–Crippen MR) is 68.4 cm³/mol. The largest absolute Gasteiger partial charge is 0.469 e. The van der Waals surface area contributed by atoms with Crippen molar-refractivity contribution in [3.05, 3.63) is 32.9 Å². The molecule has 1 aliphatic rings. The number of hydrogen-bond acceptors (Lipinski definition) is 6. The van der Waals surface area contributed by atoms with Gasteiger partial charge in [-0.2, -0.15) is 4.39 Å². The van der Waals surface area contributed by atoms with Gasteiger partial charge in [-0.05, 0) is 6.92 Å². The highest BCUT2D eigenvalue weighted by atomic mass is 31.2. The van der Waals surface area contributed by atoms with E-state index in [4.69, 9.17) is 14.5 Å². The SMILES string of the molecule is C[C@H](OP(=O)(O)O)[C@H]1O[C@@H](n2cc(F)c(=O)[nH]c2=O)CC1O. The lowest BCUT2D eigenvalue weighted by atomic mass is 10.1. The number of H-pyrrole nitrogens is 1. The fourth-order valence-corrected chi connectivity index (χ4v) is 2.78. The second-order valence-electron chi connectivity index (χ2n) is 4.80. The molecular formula is C10H14FN2O8P. The maximum Gasteiger partial charge on any atom is 0.469 e. The summed E-state index contributed by atoms with van der Waals surface area (Å²) >= 11 is 0. The number of ether oxygens (including phenoxy) is 1. The molecule has 0 radical (unpaired) electrons. The van der Waals surface area contributed by atoms with E-state index >= 15 is 0 Å². The van der Waals surface area contributed by atoms with Crippen LogP contribution in [0.5, 0.6) is 0 Å². The number of aliphatic hydroxyl groups is 1. The number of rotatable bonds is 4. The lowest BCUT2D eigenvalue weighted by molar-refractivity contribution is -0.0750. The third-order valence-corrected chi connectivity index (χ3v) is 3.74. The molecule has 22 heavy (non-hydrogen) atoms. The molecule has 2 heterocycles. The summed E-state index contributed by atoms with van der Waals surface area (Å²) in [7, 11) is -4.78. The highest BCUT2D eigenvalue weighted by molar-refractivity contribution is 7.46. The molecule has 1 unspecified atom stereocenters. The van der Waals surface area contributed by atoms with Crippen LogP contribution < -0.4 is 11.2 Å². The van der Waals surface area contributed by atoms with E-state index in [1.54, 1.807) is 4.98 Å². The first-order valence-corrected chi connectivity index (χ1v) is 7.70. The Morgan fingerprint density at radius 3 is 2.77 bits per heavy atom. The van der Waals surface area contributed by atoms with E-state index in [0.717, 1.165) is 4.57 Å². The number of hydrogen-bond donors (Lipinski definition) is 4. The van der Waals surface area contributed by atoms with Gasteiger partial charge >= 0.3 is 13.5 Å². The monoisotopic (exact) mass is 340 g/mol. The van der Waals surface area contributed by atoms with Gasteiger partial charge in [0.2, 0.25) is 5.82 Å². The van der Waals surface area contributed by atoms with Crippen LogP contribution in [0.1, 0.15) is 19.6 Å². The Kier molecular flexibility index (Phi) is 4.66. The number of aromatic amines is 1. The number of aliphatic hydroxyl groups excluding tert-OH is 1. The van der Waals surface area contributed by atoms with Gasteiger partial charge in [0.05, 0.1) is 18.4 Å². The van der Waals surface area contributed by atoms with Gasteiger partial charge in [0.1, 0.15) is 12.3 Å². The van der Waals surface area contributed by atoms with Crippen molar-refractivity contribution < 1.29 is 33.1 Å². The summed E-state index contributed by atoms with van der Waals surface area (Å²) in [5.41, 5.74) is -2.12. The van der Waals surface area contributed by atoms with Gasteiger partial charge in [-0.1, -0.05) is 0 Å². The smallest absolute Gasteiger partial charge is 0.390 e. The Balaban J connectivity index is 2.21. The first-order chi connectivity index (χ1) is 10.1. The van der Waals surface area contributed by atoms with Crippen LogP contribution in [0.2, 0.25) is 0 Å². The Morgan fingerprint density at radius 1 is 1.55 bits per heavy atom. The quantitative estimate of drug-likeness (QED) is 0.500. The van der Waals surface area contributed by atoms with Crippen LogP contribution >= 0.6 is 7.82 Å². The number of nitrogens with zero attached hydrogens (tertiary/aromatic N) is 1. The van der Waals surface area contributed by atoms with Gasteiger partial charge in [0, 0.05) is 6.42 Å². The van der Waals surface area contributed by atoms with Crippen LogP contribution in [0.15, 0.2) is 15.8 Å². The van der Waals surface area contributed by atoms with Crippen LogP contribution in [0.25, 0.3) is 0 Å². The summed E-state index contributed by atoms with van der Waals surface area (Å²) in [4.78, 5) is 41.8. The van der Waals surface area contributed by atoms with Crippen molar-refractivity contribution in [2.75, 3.05) is 0 Å². The predicted octanol–water partition coefficient (Wildman–Crippen LogP) is -1.18. The zero-order chi connectivity index (χ0) is 16.7. The molecule has 1 aliphatic heterocycles. The minimum Gasteiger partial charge on any atom is -0.390 e. The van der Waals surface area contributed by atoms with E-state index in [-0.39, 0.29) is 6.42 Å². The first-order valence-electron chi connectivity index (χ1n) is 6.17. The highest BCUT2D eigenvalue weighted by Crippen LogP contribution is 2.41. The zero-order valence-corrected chi connectivity index (χ0v) is 12.1. The van der Waals surface area contributed by atoms with Gasteiger partial charge in [0.15, 0.2) is 0 Å². The van der Waals surface area contributed by atoms with Crippen LogP contribution in [0, 0.1) is 5.82 Å². The van der Waals surface area contributed by atoms with Crippen molar-refractivity contribution in [2.24, 2.45) is 0 Å². The van der Waals surface area contributed by atoms with E-state index in [1.807, 2.05) is 0 Å². The van der Waals surface area contributed by atoms with Crippen molar-refractivity contribution >= 4 is 7.82 Å². The third-order valence-electron chi connectivity index (χ3n) is 3.14. The maximum atomic E-state index is 13.2. The van der Waals surface area contributed by atoms with Crippen molar-refractivity contribution in [3.63, 3.8) is 0 Å². The number of nitrogens with one attached hydrogen (secondary N) is 1. The van der Waals surface area contributed by atoms with Gasteiger partial charge in [-0.15, -0.1) is 0 Å². The number of phosphoric ester groups is 1. The van der Waals surface area contributed by atoms with E-state index in [0.29, 0.717) is 6.20 Å². The van der Waals surface area contributed by atoms with Crippen molar-refractivity contribution in [1.29, 1.82) is 0 Å². The van der Waals surface area contributed by atoms with Gasteiger partial charge in [-0.3, -0.25) is 18.9 Å². The average molecular weight is 340 g/mol. The zero-order valence-electron chi connectivity index (χ0n) is 11.2. The molecule has 0 saturated carbocycles. The van der Waals surface area contributed by atoms with E-state index < -0.39 is 49.4 Å². The number of phosphoric acid groups is 1. The first kappa shape index (κ1) is 17.0. The number of aromatic nitrogens is 2. The summed E-state index contributed by atoms with van der Waals surface area (Å²) in [5, 5.41) is 9.86. The Labute approximate surface area is 122 Å². The maximum absolute atomic E-state index is 13.2. The minimum atomic E-state index is -4.78. The summed E-state index contributed by atoms with van der Waals surface area (Å²) in [5.74, 6) is -1.21. The molecule has 1 saturated heterocycles. The summed E-state index contributed by atoms with van der Waals surface area (Å²) in [6, 6.07) is 0. The second kappa shape index (κ2) is 6.03. The van der Waals surface area contributed by atoms with Crippen LogP contribution in [0.4, 0.5) is 4.39 Å². The lowest BCUT2D eigenvalue weighted by Gasteiger charge is -2.22. The normalized spacial score (nSPS) is 27.0. The van der Waals surface area contributed by atoms with Crippen LogP contribution in [0.3, 0.4) is 0 Å². The second-order valence-corrected chi connectivity index (χ2v) is 6.00. The van der Waals surface area contributed by atoms with Crippen LogP contribution in [-0.4, -0.2) is 42.8 Å². The molecule has 124 valence electrons. The molecule has 1 aromatic rings. The lowest BCUT2D eigenvalue weighted by Crippen LogP contribution is -2.35. The molecule has 0 bridgehead atoms. The van der Waals surface area contributed by atoms with E-state index in [2.05, 4.69) is 4.52 Å². The minimum absolute atomic E-state index is 0.148. The Morgan fingerprint density at radius 2 is 2.18 bits per heavy atom. The Hall–Kier alpha value is -1.36. The molecule has 4 atom stereocenters. The van der Waals surface area contributed by atoms with Gasteiger partial charge in [0.25, 0.3) is 5.56 Å². The fraction of sp³-hybridized carbons (Fsp3) is 0.600. The van der Waals surface area contributed by atoms with E-state index in [1.165, 1.54) is 6.92 Å². The van der Waals surface area contributed by atoms with Crippen LogP contribution in [-0.2, 0) is 13.8 Å². The van der Waals surface area contributed by atoms with Gasteiger partial charge in [-0.25, -0.2) is 9.36 Å². The van der Waals surface area contributed by atoms with Gasteiger partial charge < -0.3 is 19.6 Å². The van der Waals surface area contributed by atoms with E-state index in [9.17, 15) is 23.7 Å². The van der Waals surface area contributed by atoms with Crippen molar-refractivity contribution in [2.45, 2.75) is 37.9 Å². The molecule has 1 fully saturated rings. The summed E-state index contributed by atoms with van der Waals surface area (Å²) < 4.78 is 34.5. The number of halogens is 1. The van der Waals surface area contributed by atoms with Crippen molar-refractivity contribution in [1.82, 2.24) is 9.55 Å². The molecule has 10 nitrogen and oxygen atoms in total. The fourth-order valence-electron chi connectivity index (χ4n) is 2.22.